The van der Waals surface area contributed by atoms with Crippen molar-refractivity contribution >= 4 is 23.7 Å². The highest BCUT2D eigenvalue weighted by molar-refractivity contribution is 7.09. The van der Waals surface area contributed by atoms with Gasteiger partial charge in [-0.2, -0.15) is 0 Å². The first-order valence-corrected chi connectivity index (χ1v) is 6.75. The molecule has 0 aliphatic rings. The van der Waals surface area contributed by atoms with Crippen molar-refractivity contribution in [3.05, 3.63) is 58.3 Å². The molecule has 0 fully saturated rings. The molecule has 4 heteroatoms. The molecule has 0 saturated carbocycles. The molecule has 0 atom stereocenters. The molecule has 2 nitrogen and oxygen atoms in total. The maximum Gasteiger partial charge on any atom is 0.0331 e. The van der Waals surface area contributed by atoms with Gasteiger partial charge in [-0.25, -0.2) is 0 Å². The second kappa shape index (κ2) is 8.27. The molecule has 98 valence electrons. The Kier molecular flexibility index (Phi) is 6.98. The van der Waals surface area contributed by atoms with Gasteiger partial charge in [-0.3, -0.25) is 4.90 Å². The van der Waals surface area contributed by atoms with Gasteiger partial charge in [-0.1, -0.05) is 36.4 Å². The molecule has 2 N–H and O–H groups in total. The van der Waals surface area contributed by atoms with Gasteiger partial charge in [0.05, 0.1) is 0 Å². The molecule has 0 amide bonds. The standard InChI is InChI=1S/C14H18N2S.ClH/c15-8-9-16(12-14-7-4-10-17-14)11-13-5-2-1-3-6-13;/h1-7,10H,8-9,11-12,15H2;1H. The van der Waals surface area contributed by atoms with Crippen LogP contribution >= 0.6 is 23.7 Å². The quantitative estimate of drug-likeness (QED) is 0.882. The van der Waals surface area contributed by atoms with E-state index in [9.17, 15) is 0 Å². The number of thiophene rings is 1. The molecular weight excluding hydrogens is 264 g/mol. The van der Waals surface area contributed by atoms with Crippen LogP contribution in [0.3, 0.4) is 0 Å². The van der Waals surface area contributed by atoms with Crippen LogP contribution in [-0.2, 0) is 13.1 Å². The first kappa shape index (κ1) is 15.2. The molecular formula is C14H19ClN2S. The van der Waals surface area contributed by atoms with Gasteiger partial charge in [0.2, 0.25) is 0 Å². The molecule has 1 aromatic carbocycles. The molecule has 0 unspecified atom stereocenters. The highest BCUT2D eigenvalue weighted by atomic mass is 35.5. The smallest absolute Gasteiger partial charge is 0.0331 e. The summed E-state index contributed by atoms with van der Waals surface area (Å²) in [4.78, 5) is 3.79. The maximum atomic E-state index is 5.67. The Morgan fingerprint density at radius 3 is 2.39 bits per heavy atom. The van der Waals surface area contributed by atoms with Crippen LogP contribution in [0.25, 0.3) is 0 Å². The number of halogens is 1. The van der Waals surface area contributed by atoms with Crippen molar-refractivity contribution in [2.24, 2.45) is 5.73 Å². The van der Waals surface area contributed by atoms with Gasteiger partial charge < -0.3 is 5.73 Å². The minimum atomic E-state index is 0. The Morgan fingerprint density at radius 2 is 1.78 bits per heavy atom. The Bertz CT molecular complexity index is 417. The van der Waals surface area contributed by atoms with Crippen molar-refractivity contribution < 1.29 is 0 Å². The lowest BCUT2D eigenvalue weighted by Crippen LogP contribution is -2.28. The molecule has 18 heavy (non-hydrogen) atoms. The number of nitrogens with two attached hydrogens (primary N) is 1. The Labute approximate surface area is 119 Å². The van der Waals surface area contributed by atoms with Crippen LogP contribution in [0.4, 0.5) is 0 Å². The highest BCUT2D eigenvalue weighted by Gasteiger charge is 2.06. The van der Waals surface area contributed by atoms with E-state index in [1.807, 2.05) is 0 Å². The minimum absolute atomic E-state index is 0. The summed E-state index contributed by atoms with van der Waals surface area (Å²) in [5.74, 6) is 0. The van der Waals surface area contributed by atoms with Gasteiger partial charge in [-0.05, 0) is 17.0 Å². The lowest BCUT2D eigenvalue weighted by molar-refractivity contribution is 0.267. The second-order valence-corrected chi connectivity index (χ2v) is 5.10. The van der Waals surface area contributed by atoms with Crippen LogP contribution in [0.2, 0.25) is 0 Å². The molecule has 0 aliphatic carbocycles. The Balaban J connectivity index is 0.00000162. The van der Waals surface area contributed by atoms with E-state index in [0.717, 1.165) is 19.6 Å². The molecule has 1 aromatic heterocycles. The lowest BCUT2D eigenvalue weighted by atomic mass is 10.2. The maximum absolute atomic E-state index is 5.67. The van der Waals surface area contributed by atoms with Gasteiger partial charge in [0.15, 0.2) is 0 Å². The van der Waals surface area contributed by atoms with E-state index in [-0.39, 0.29) is 12.4 Å². The summed E-state index contributed by atoms with van der Waals surface area (Å²) in [6.45, 7) is 3.60. The SMILES string of the molecule is Cl.NCCN(Cc1ccccc1)Cc1cccs1. The van der Waals surface area contributed by atoms with E-state index in [0.29, 0.717) is 6.54 Å². The first-order valence-electron chi connectivity index (χ1n) is 5.87. The minimum Gasteiger partial charge on any atom is -0.329 e. The van der Waals surface area contributed by atoms with Crippen molar-refractivity contribution in [2.75, 3.05) is 13.1 Å². The van der Waals surface area contributed by atoms with Crippen molar-refractivity contribution in [3.63, 3.8) is 0 Å². The van der Waals surface area contributed by atoms with Gasteiger partial charge >= 0.3 is 0 Å². The zero-order valence-corrected chi connectivity index (χ0v) is 11.9. The first-order chi connectivity index (χ1) is 8.38. The fourth-order valence-electron chi connectivity index (χ4n) is 1.86. The number of nitrogens with zero attached hydrogens (tertiary/aromatic N) is 1. The third-order valence-corrected chi connectivity index (χ3v) is 3.52. The number of hydrogen-bond donors (Lipinski definition) is 1. The third-order valence-electron chi connectivity index (χ3n) is 2.65. The van der Waals surface area contributed by atoms with E-state index < -0.39 is 0 Å². The largest absolute Gasteiger partial charge is 0.329 e. The van der Waals surface area contributed by atoms with Gasteiger partial charge in [-0.15, -0.1) is 23.7 Å². The fraction of sp³-hybridized carbons (Fsp3) is 0.286. The summed E-state index contributed by atoms with van der Waals surface area (Å²) in [5.41, 5.74) is 7.02. The average Bonchev–Trinajstić information content (AvgIpc) is 2.83. The van der Waals surface area contributed by atoms with Crippen LogP contribution in [0.1, 0.15) is 10.4 Å². The predicted octanol–water partition coefficient (Wildman–Crippen LogP) is 3.13. The van der Waals surface area contributed by atoms with E-state index in [4.69, 9.17) is 5.73 Å². The number of rotatable bonds is 6. The van der Waals surface area contributed by atoms with Crippen molar-refractivity contribution in [1.29, 1.82) is 0 Å². The highest BCUT2D eigenvalue weighted by Crippen LogP contribution is 2.13. The summed E-state index contributed by atoms with van der Waals surface area (Å²) in [6.07, 6.45) is 0. The van der Waals surface area contributed by atoms with Gasteiger partial charge in [0.1, 0.15) is 0 Å². The van der Waals surface area contributed by atoms with Crippen LogP contribution in [0.15, 0.2) is 47.8 Å². The normalized spacial score (nSPS) is 10.3. The molecule has 0 saturated heterocycles. The molecule has 1 heterocycles. The molecule has 2 aromatic rings. The summed E-state index contributed by atoms with van der Waals surface area (Å²) in [5, 5.41) is 2.12. The Hall–Kier alpha value is -0.870. The van der Waals surface area contributed by atoms with Crippen molar-refractivity contribution in [3.8, 4) is 0 Å². The van der Waals surface area contributed by atoms with Gasteiger partial charge in [0, 0.05) is 31.1 Å². The van der Waals surface area contributed by atoms with E-state index >= 15 is 0 Å². The zero-order chi connectivity index (χ0) is 11.9. The molecule has 0 aliphatic heterocycles. The van der Waals surface area contributed by atoms with Crippen LogP contribution in [0.5, 0.6) is 0 Å². The van der Waals surface area contributed by atoms with E-state index in [1.165, 1.54) is 10.4 Å². The van der Waals surface area contributed by atoms with Crippen molar-refractivity contribution in [1.82, 2.24) is 4.90 Å². The summed E-state index contributed by atoms with van der Waals surface area (Å²) < 4.78 is 0. The summed E-state index contributed by atoms with van der Waals surface area (Å²) in [7, 11) is 0. The second-order valence-electron chi connectivity index (χ2n) is 4.06. The number of benzene rings is 1. The van der Waals surface area contributed by atoms with Crippen LogP contribution < -0.4 is 5.73 Å². The topological polar surface area (TPSA) is 29.3 Å². The average molecular weight is 283 g/mol. The molecule has 0 bridgehead atoms. The van der Waals surface area contributed by atoms with Crippen LogP contribution in [0, 0.1) is 0 Å². The van der Waals surface area contributed by atoms with Crippen LogP contribution in [-0.4, -0.2) is 18.0 Å². The van der Waals surface area contributed by atoms with E-state index in [2.05, 4.69) is 52.7 Å². The zero-order valence-electron chi connectivity index (χ0n) is 10.3. The fourth-order valence-corrected chi connectivity index (χ4v) is 2.61. The number of hydrogen-bond acceptors (Lipinski definition) is 3. The predicted molar refractivity (Wildman–Crippen MR) is 81.2 cm³/mol. The van der Waals surface area contributed by atoms with Crippen molar-refractivity contribution in [2.45, 2.75) is 13.1 Å². The summed E-state index contributed by atoms with van der Waals surface area (Å²) >= 11 is 1.81. The monoisotopic (exact) mass is 282 g/mol. The van der Waals surface area contributed by atoms with E-state index in [1.54, 1.807) is 11.3 Å². The molecule has 2 rings (SSSR count). The summed E-state index contributed by atoms with van der Waals surface area (Å²) in [6, 6.07) is 14.8. The molecule has 0 spiro atoms. The molecule has 0 radical (unpaired) electrons. The van der Waals surface area contributed by atoms with Gasteiger partial charge in [0.25, 0.3) is 0 Å². The third kappa shape index (κ3) is 4.78. The Morgan fingerprint density at radius 1 is 1.00 bits per heavy atom. The lowest BCUT2D eigenvalue weighted by Gasteiger charge is -2.20.